The first-order valence-electron chi connectivity index (χ1n) is 10.0. The van der Waals surface area contributed by atoms with Crippen molar-refractivity contribution in [3.63, 3.8) is 0 Å². The molecule has 0 aliphatic carbocycles. The van der Waals surface area contributed by atoms with Gasteiger partial charge < -0.3 is 19.4 Å². The number of pyridine rings is 1. The number of nitrogens with one attached hydrogen (secondary N) is 1. The molecule has 1 N–H and O–H groups in total. The van der Waals surface area contributed by atoms with Crippen molar-refractivity contribution >= 4 is 22.5 Å². The number of hydrogen-bond acceptors (Lipinski definition) is 5. The molecule has 0 saturated carbocycles. The van der Waals surface area contributed by atoms with E-state index >= 15 is 0 Å². The van der Waals surface area contributed by atoms with E-state index in [0.29, 0.717) is 30.3 Å². The Bertz CT molecular complexity index is 1180. The number of H-pyrrole nitrogens is 1. The Kier molecular flexibility index (Phi) is 4.54. The number of benzene rings is 1. The van der Waals surface area contributed by atoms with Crippen LogP contribution in [-0.4, -0.2) is 57.7 Å². The smallest absolute Gasteiger partial charge is 0.270 e. The van der Waals surface area contributed by atoms with Gasteiger partial charge in [0.25, 0.3) is 5.91 Å². The molecule has 1 saturated heterocycles. The van der Waals surface area contributed by atoms with Gasteiger partial charge >= 0.3 is 0 Å². The maximum absolute atomic E-state index is 13.2. The van der Waals surface area contributed by atoms with Crippen molar-refractivity contribution in [3.05, 3.63) is 54.1 Å². The molecule has 8 nitrogen and oxygen atoms in total. The van der Waals surface area contributed by atoms with Crippen LogP contribution in [-0.2, 0) is 0 Å². The molecule has 0 atom stereocenters. The maximum atomic E-state index is 13.2. The monoisotopic (exact) mass is 405 g/mol. The fourth-order valence-electron chi connectivity index (χ4n) is 4.28. The first-order chi connectivity index (χ1) is 14.7. The van der Waals surface area contributed by atoms with Crippen molar-refractivity contribution in [1.29, 1.82) is 0 Å². The summed E-state index contributed by atoms with van der Waals surface area (Å²) in [5.41, 5.74) is 2.16. The van der Waals surface area contributed by atoms with Crippen molar-refractivity contribution in [3.8, 4) is 11.5 Å². The van der Waals surface area contributed by atoms with Gasteiger partial charge in [-0.2, -0.15) is 0 Å². The first kappa shape index (κ1) is 18.5. The molecule has 1 amide bonds. The lowest BCUT2D eigenvalue weighted by Gasteiger charge is -2.31. The minimum atomic E-state index is -0.0140. The third kappa shape index (κ3) is 2.96. The molecular weight excluding hydrogens is 382 g/mol. The van der Waals surface area contributed by atoms with Crippen LogP contribution in [0.5, 0.6) is 11.5 Å². The molecule has 4 aromatic rings. The maximum Gasteiger partial charge on any atom is 0.270 e. The van der Waals surface area contributed by atoms with Gasteiger partial charge in [0.15, 0.2) is 5.65 Å². The fourth-order valence-corrected chi connectivity index (χ4v) is 4.28. The molecule has 0 spiro atoms. The average molecular weight is 405 g/mol. The Morgan fingerprint density at radius 3 is 2.60 bits per heavy atom. The van der Waals surface area contributed by atoms with Crippen molar-refractivity contribution in [2.45, 2.75) is 18.8 Å². The summed E-state index contributed by atoms with van der Waals surface area (Å²) in [6, 6.07) is 11.4. The van der Waals surface area contributed by atoms with Crippen LogP contribution in [0, 0.1) is 0 Å². The zero-order valence-corrected chi connectivity index (χ0v) is 17.0. The van der Waals surface area contributed by atoms with Crippen LogP contribution in [0.25, 0.3) is 16.6 Å². The van der Waals surface area contributed by atoms with Gasteiger partial charge in [0.2, 0.25) is 0 Å². The van der Waals surface area contributed by atoms with Crippen molar-refractivity contribution in [2.75, 3.05) is 27.3 Å². The quantitative estimate of drug-likeness (QED) is 0.563. The molecule has 1 aromatic carbocycles. The van der Waals surface area contributed by atoms with Crippen LogP contribution in [0.15, 0.2) is 42.6 Å². The lowest BCUT2D eigenvalue weighted by Crippen LogP contribution is -2.38. The fraction of sp³-hybridized carbons (Fsp3) is 0.318. The molecule has 1 aliphatic heterocycles. The molecule has 3 aromatic heterocycles. The Morgan fingerprint density at radius 1 is 1.07 bits per heavy atom. The Balaban J connectivity index is 1.36. The summed E-state index contributed by atoms with van der Waals surface area (Å²) in [6.07, 6.45) is 3.70. The molecule has 1 fully saturated rings. The summed E-state index contributed by atoms with van der Waals surface area (Å²) in [5.74, 6) is 2.63. The van der Waals surface area contributed by atoms with Gasteiger partial charge in [-0.1, -0.05) is 6.07 Å². The van der Waals surface area contributed by atoms with Crippen LogP contribution in [0.2, 0.25) is 0 Å². The van der Waals surface area contributed by atoms with Crippen molar-refractivity contribution in [1.82, 2.24) is 24.5 Å². The zero-order valence-electron chi connectivity index (χ0n) is 17.0. The summed E-state index contributed by atoms with van der Waals surface area (Å²) in [4.78, 5) is 18.3. The number of amides is 1. The number of nitrogens with zero attached hydrogens (tertiary/aromatic N) is 4. The number of hydrogen-bond donors (Lipinski definition) is 1. The molecule has 1 aliphatic rings. The molecule has 154 valence electrons. The van der Waals surface area contributed by atoms with E-state index in [1.54, 1.807) is 14.2 Å². The molecule has 4 heterocycles. The number of carbonyl (C=O) groups excluding carboxylic acids is 1. The van der Waals surface area contributed by atoms with Gasteiger partial charge in [-0.3, -0.25) is 9.20 Å². The summed E-state index contributed by atoms with van der Waals surface area (Å²) in [5, 5.41) is 9.48. The van der Waals surface area contributed by atoms with Crippen LogP contribution in [0.3, 0.4) is 0 Å². The number of rotatable bonds is 4. The highest BCUT2D eigenvalue weighted by Crippen LogP contribution is 2.34. The molecular formula is C22H23N5O3. The van der Waals surface area contributed by atoms with E-state index in [1.807, 2.05) is 51.9 Å². The van der Waals surface area contributed by atoms with Gasteiger partial charge in [0, 0.05) is 30.6 Å². The van der Waals surface area contributed by atoms with Gasteiger partial charge in [0.05, 0.1) is 19.7 Å². The van der Waals surface area contributed by atoms with E-state index in [9.17, 15) is 4.79 Å². The van der Waals surface area contributed by atoms with Crippen molar-refractivity contribution < 1.29 is 14.3 Å². The summed E-state index contributed by atoms with van der Waals surface area (Å²) >= 11 is 0. The number of aromatic nitrogens is 4. The second-order valence-corrected chi connectivity index (χ2v) is 7.50. The number of aromatic amines is 1. The van der Waals surface area contributed by atoms with Gasteiger partial charge in [-0.05, 0) is 43.2 Å². The minimum absolute atomic E-state index is 0.0140. The largest absolute Gasteiger partial charge is 0.496 e. The number of piperidine rings is 1. The highest BCUT2D eigenvalue weighted by atomic mass is 16.5. The molecule has 5 rings (SSSR count). The summed E-state index contributed by atoms with van der Waals surface area (Å²) < 4.78 is 12.9. The third-order valence-corrected chi connectivity index (χ3v) is 5.87. The van der Waals surface area contributed by atoms with E-state index in [-0.39, 0.29) is 11.8 Å². The molecule has 0 radical (unpaired) electrons. The van der Waals surface area contributed by atoms with Gasteiger partial charge in [0.1, 0.15) is 23.0 Å². The number of likely N-dealkylation sites (tertiary alicyclic amines) is 1. The lowest BCUT2D eigenvalue weighted by atomic mass is 9.95. The standard InChI is InChI=1S/C22H23N5O3/c1-29-17-6-7-18(30-2)20-15(17)13-16(23-20)22(28)26-11-8-14(9-12-26)21-25-24-19-5-3-4-10-27(19)21/h3-7,10,13-14,23H,8-9,11-12H2,1-2H3. The molecule has 0 bridgehead atoms. The van der Waals surface area contributed by atoms with Gasteiger partial charge in [-0.25, -0.2) is 0 Å². The van der Waals surface area contributed by atoms with E-state index < -0.39 is 0 Å². The molecule has 8 heteroatoms. The molecule has 0 unspecified atom stereocenters. The highest BCUT2D eigenvalue weighted by Gasteiger charge is 2.28. The summed E-state index contributed by atoms with van der Waals surface area (Å²) in [6.45, 7) is 1.35. The predicted molar refractivity (Wildman–Crippen MR) is 112 cm³/mol. The number of methoxy groups -OCH3 is 2. The van der Waals surface area contributed by atoms with Gasteiger partial charge in [-0.15, -0.1) is 10.2 Å². The predicted octanol–water partition coefficient (Wildman–Crippen LogP) is 3.25. The summed E-state index contributed by atoms with van der Waals surface area (Å²) in [7, 11) is 3.23. The Hall–Kier alpha value is -3.55. The van der Waals surface area contributed by atoms with Crippen molar-refractivity contribution in [2.24, 2.45) is 0 Å². The molecule has 30 heavy (non-hydrogen) atoms. The second-order valence-electron chi connectivity index (χ2n) is 7.50. The van der Waals surface area contributed by atoms with E-state index in [0.717, 1.165) is 35.2 Å². The average Bonchev–Trinajstić information content (AvgIpc) is 3.43. The highest BCUT2D eigenvalue weighted by molar-refractivity contribution is 6.01. The van der Waals surface area contributed by atoms with Crippen LogP contribution < -0.4 is 9.47 Å². The first-order valence-corrected chi connectivity index (χ1v) is 10.0. The Labute approximate surface area is 173 Å². The van der Waals surface area contributed by atoms with Crippen LogP contribution in [0.1, 0.15) is 35.1 Å². The number of carbonyl (C=O) groups is 1. The Morgan fingerprint density at radius 2 is 1.83 bits per heavy atom. The van der Waals surface area contributed by atoms with E-state index in [4.69, 9.17) is 9.47 Å². The topological polar surface area (TPSA) is 84.8 Å². The third-order valence-electron chi connectivity index (χ3n) is 5.87. The lowest BCUT2D eigenvalue weighted by molar-refractivity contribution is 0.0706. The van der Waals surface area contributed by atoms with E-state index in [1.165, 1.54) is 0 Å². The number of fused-ring (bicyclic) bond motifs is 2. The van der Waals surface area contributed by atoms with E-state index in [2.05, 4.69) is 15.2 Å². The number of ether oxygens (including phenoxy) is 2. The van der Waals surface area contributed by atoms with Crippen LogP contribution in [0.4, 0.5) is 0 Å². The normalized spacial score (nSPS) is 15.1. The minimum Gasteiger partial charge on any atom is -0.496 e. The van der Waals surface area contributed by atoms with Crippen LogP contribution >= 0.6 is 0 Å². The SMILES string of the molecule is COc1ccc(OC)c2[nH]c(C(=O)N3CCC(c4nnc5ccccn45)CC3)cc12. The zero-order chi connectivity index (χ0) is 20.7. The second kappa shape index (κ2) is 7.37.